The van der Waals surface area contributed by atoms with E-state index >= 15 is 0 Å². The number of carbonyl (C=O) groups excluding carboxylic acids is 1. The first-order valence-electron chi connectivity index (χ1n) is 7.50. The largest absolute Gasteiger partial charge is 0.352 e. The zero-order valence-corrected chi connectivity index (χ0v) is 13.6. The van der Waals surface area contributed by atoms with E-state index in [4.69, 9.17) is 0 Å². The van der Waals surface area contributed by atoms with Crippen LogP contribution in [0.2, 0.25) is 0 Å². The van der Waals surface area contributed by atoms with Crippen LogP contribution < -0.4 is 5.32 Å². The van der Waals surface area contributed by atoms with Crippen molar-refractivity contribution in [3.63, 3.8) is 0 Å². The van der Waals surface area contributed by atoms with Gasteiger partial charge in [0.2, 0.25) is 5.91 Å². The zero-order chi connectivity index (χ0) is 16.1. The smallest absolute Gasteiger partial charge is 0.244 e. The molecule has 0 bridgehead atoms. The third kappa shape index (κ3) is 3.85. The van der Waals surface area contributed by atoms with Crippen LogP contribution in [0.3, 0.4) is 0 Å². The highest BCUT2D eigenvalue weighted by molar-refractivity contribution is 5.92. The zero-order valence-electron chi connectivity index (χ0n) is 13.6. The molecule has 0 spiro atoms. The molecule has 4 nitrogen and oxygen atoms in total. The normalized spacial score (nSPS) is 12.5. The number of aryl methyl sites for hydroxylation is 2. The molecule has 0 radical (unpaired) electrons. The minimum absolute atomic E-state index is 0.0783. The molecule has 2 aromatic rings. The molecular weight excluding hydrogens is 274 g/mol. The molecule has 1 unspecified atom stereocenters. The van der Waals surface area contributed by atoms with E-state index in [0.717, 1.165) is 17.0 Å². The Morgan fingerprint density at radius 3 is 2.59 bits per heavy atom. The van der Waals surface area contributed by atoms with Crippen molar-refractivity contribution in [3.05, 3.63) is 58.9 Å². The fraction of sp³-hybridized carbons (Fsp3) is 0.333. The predicted octanol–water partition coefficient (Wildman–Crippen LogP) is 2.97. The number of hydrogen-bond acceptors (Lipinski definition) is 2. The van der Waals surface area contributed by atoms with Gasteiger partial charge in [-0.15, -0.1) is 0 Å². The SMILES string of the molecule is Cc1nn(C)c(C)c1C=CC(=O)NCC(C)c1ccccc1. The second kappa shape index (κ2) is 7.07. The highest BCUT2D eigenvalue weighted by Crippen LogP contribution is 2.14. The fourth-order valence-corrected chi connectivity index (χ4v) is 2.40. The first kappa shape index (κ1) is 16.0. The van der Waals surface area contributed by atoms with Gasteiger partial charge in [0.05, 0.1) is 5.69 Å². The van der Waals surface area contributed by atoms with Gasteiger partial charge in [0, 0.05) is 30.9 Å². The van der Waals surface area contributed by atoms with Gasteiger partial charge in [0.25, 0.3) is 0 Å². The summed E-state index contributed by atoms with van der Waals surface area (Å²) in [5.74, 6) is 0.214. The average Bonchev–Trinajstić information content (AvgIpc) is 2.76. The van der Waals surface area contributed by atoms with Crippen molar-refractivity contribution in [2.75, 3.05) is 6.54 Å². The quantitative estimate of drug-likeness (QED) is 0.863. The fourth-order valence-electron chi connectivity index (χ4n) is 2.40. The van der Waals surface area contributed by atoms with Crippen molar-refractivity contribution in [1.82, 2.24) is 15.1 Å². The Balaban J connectivity index is 1.92. The van der Waals surface area contributed by atoms with E-state index in [1.165, 1.54) is 5.56 Å². The van der Waals surface area contributed by atoms with Gasteiger partial charge >= 0.3 is 0 Å². The van der Waals surface area contributed by atoms with E-state index in [1.54, 1.807) is 6.08 Å². The van der Waals surface area contributed by atoms with Crippen molar-refractivity contribution in [3.8, 4) is 0 Å². The number of carbonyl (C=O) groups is 1. The lowest BCUT2D eigenvalue weighted by atomic mass is 10.0. The molecule has 1 aromatic carbocycles. The molecule has 0 aliphatic rings. The molecule has 1 N–H and O–H groups in total. The summed E-state index contributed by atoms with van der Waals surface area (Å²) in [5, 5.41) is 7.28. The Labute approximate surface area is 131 Å². The number of nitrogens with zero attached hydrogens (tertiary/aromatic N) is 2. The maximum Gasteiger partial charge on any atom is 0.244 e. The number of hydrogen-bond donors (Lipinski definition) is 1. The average molecular weight is 297 g/mol. The van der Waals surface area contributed by atoms with Crippen molar-refractivity contribution in [2.45, 2.75) is 26.7 Å². The van der Waals surface area contributed by atoms with Gasteiger partial charge in [-0.1, -0.05) is 37.3 Å². The van der Waals surface area contributed by atoms with Gasteiger partial charge in [-0.2, -0.15) is 5.10 Å². The molecule has 0 fully saturated rings. The molecular formula is C18H23N3O. The lowest BCUT2D eigenvalue weighted by molar-refractivity contribution is -0.116. The maximum absolute atomic E-state index is 12.0. The van der Waals surface area contributed by atoms with E-state index < -0.39 is 0 Å². The maximum atomic E-state index is 12.0. The van der Waals surface area contributed by atoms with Gasteiger partial charge in [0.15, 0.2) is 0 Å². The van der Waals surface area contributed by atoms with E-state index in [1.807, 2.05) is 49.9 Å². The highest BCUT2D eigenvalue weighted by atomic mass is 16.1. The minimum Gasteiger partial charge on any atom is -0.352 e. The Hall–Kier alpha value is -2.36. The second-order valence-electron chi connectivity index (χ2n) is 5.60. The first-order valence-corrected chi connectivity index (χ1v) is 7.50. The first-order chi connectivity index (χ1) is 10.5. The molecule has 1 amide bonds. The summed E-state index contributed by atoms with van der Waals surface area (Å²) in [6.45, 7) is 6.67. The van der Waals surface area contributed by atoms with Gasteiger partial charge < -0.3 is 5.32 Å². The minimum atomic E-state index is -0.0783. The molecule has 1 heterocycles. The molecule has 0 aliphatic heterocycles. The monoisotopic (exact) mass is 297 g/mol. The summed E-state index contributed by atoms with van der Waals surface area (Å²) in [7, 11) is 1.90. The summed E-state index contributed by atoms with van der Waals surface area (Å²) in [5.41, 5.74) is 4.22. The molecule has 0 aliphatic carbocycles. The van der Waals surface area contributed by atoms with E-state index in [0.29, 0.717) is 12.5 Å². The lowest BCUT2D eigenvalue weighted by Gasteiger charge is -2.11. The van der Waals surface area contributed by atoms with Gasteiger partial charge in [-0.3, -0.25) is 9.48 Å². The summed E-state index contributed by atoms with van der Waals surface area (Å²) < 4.78 is 1.82. The summed E-state index contributed by atoms with van der Waals surface area (Å²) in [4.78, 5) is 12.0. The molecule has 4 heteroatoms. The van der Waals surface area contributed by atoms with Crippen LogP contribution in [-0.4, -0.2) is 22.2 Å². The van der Waals surface area contributed by atoms with E-state index in [2.05, 4.69) is 29.5 Å². The Morgan fingerprint density at radius 1 is 1.32 bits per heavy atom. The highest BCUT2D eigenvalue weighted by Gasteiger charge is 2.08. The van der Waals surface area contributed by atoms with Crippen LogP contribution in [-0.2, 0) is 11.8 Å². The standard InChI is InChI=1S/C18H23N3O/c1-13(16-8-6-5-7-9-16)12-19-18(22)11-10-17-14(2)20-21(4)15(17)3/h5-11,13H,12H2,1-4H3,(H,19,22). The van der Waals surface area contributed by atoms with Crippen LogP contribution in [0.4, 0.5) is 0 Å². The predicted molar refractivity (Wildman–Crippen MR) is 89.6 cm³/mol. The van der Waals surface area contributed by atoms with Crippen LogP contribution in [0.5, 0.6) is 0 Å². The lowest BCUT2D eigenvalue weighted by Crippen LogP contribution is -2.25. The Kier molecular flexibility index (Phi) is 5.15. The van der Waals surface area contributed by atoms with E-state index in [9.17, 15) is 4.79 Å². The Bertz CT molecular complexity index is 671. The van der Waals surface area contributed by atoms with Crippen LogP contribution >= 0.6 is 0 Å². The van der Waals surface area contributed by atoms with Gasteiger partial charge in [0.1, 0.15) is 0 Å². The topological polar surface area (TPSA) is 46.9 Å². The third-order valence-electron chi connectivity index (χ3n) is 3.92. The van der Waals surface area contributed by atoms with Crippen molar-refractivity contribution < 1.29 is 4.79 Å². The number of nitrogens with one attached hydrogen (secondary N) is 1. The van der Waals surface area contributed by atoms with Crippen molar-refractivity contribution >= 4 is 12.0 Å². The molecule has 0 saturated carbocycles. The van der Waals surface area contributed by atoms with Gasteiger partial charge in [-0.05, 0) is 31.4 Å². The Morgan fingerprint density at radius 2 is 2.00 bits per heavy atom. The van der Waals surface area contributed by atoms with Crippen molar-refractivity contribution in [1.29, 1.82) is 0 Å². The summed E-state index contributed by atoms with van der Waals surface area (Å²) in [6.07, 6.45) is 3.41. The molecule has 1 atom stereocenters. The number of rotatable bonds is 5. The molecule has 0 saturated heterocycles. The number of benzene rings is 1. The molecule has 116 valence electrons. The molecule has 22 heavy (non-hydrogen) atoms. The third-order valence-corrected chi connectivity index (χ3v) is 3.92. The van der Waals surface area contributed by atoms with Crippen LogP contribution in [0.15, 0.2) is 36.4 Å². The second-order valence-corrected chi connectivity index (χ2v) is 5.60. The van der Waals surface area contributed by atoms with Crippen LogP contribution in [0.25, 0.3) is 6.08 Å². The van der Waals surface area contributed by atoms with E-state index in [-0.39, 0.29) is 5.91 Å². The van der Waals surface area contributed by atoms with Crippen LogP contribution in [0.1, 0.15) is 35.4 Å². The summed E-state index contributed by atoms with van der Waals surface area (Å²) >= 11 is 0. The van der Waals surface area contributed by atoms with Crippen LogP contribution in [0, 0.1) is 13.8 Å². The van der Waals surface area contributed by atoms with Gasteiger partial charge in [-0.25, -0.2) is 0 Å². The molecule has 2 rings (SSSR count). The number of aromatic nitrogens is 2. The van der Waals surface area contributed by atoms with Crippen molar-refractivity contribution in [2.24, 2.45) is 7.05 Å². The molecule has 1 aromatic heterocycles. The number of amides is 1. The summed E-state index contributed by atoms with van der Waals surface area (Å²) in [6, 6.07) is 10.2.